The number of rotatable bonds is 2. The molecule has 2 heterocycles. The number of aliphatic hydroxyl groups excluding tert-OH is 1. The van der Waals surface area contributed by atoms with E-state index in [1.165, 1.54) is 0 Å². The zero-order valence-electron chi connectivity index (χ0n) is 9.76. The topological polar surface area (TPSA) is 36.4 Å². The highest BCUT2D eigenvalue weighted by Crippen LogP contribution is 2.27. The van der Waals surface area contributed by atoms with Crippen molar-refractivity contribution >= 4 is 17.6 Å². The number of anilines is 1. The molecule has 1 fully saturated rings. The van der Waals surface area contributed by atoms with E-state index in [1.54, 1.807) is 0 Å². The van der Waals surface area contributed by atoms with E-state index in [-0.39, 0.29) is 6.61 Å². The van der Waals surface area contributed by atoms with E-state index in [1.807, 2.05) is 30.0 Å². The van der Waals surface area contributed by atoms with E-state index in [2.05, 4.69) is 23.7 Å². The SMILES string of the molecule is CC1CN(c2cccc(CO)n2)CC(C)S1. The Labute approximate surface area is 101 Å². The average molecular weight is 238 g/mol. The van der Waals surface area contributed by atoms with Crippen LogP contribution >= 0.6 is 11.8 Å². The molecule has 0 bridgehead atoms. The second-order valence-electron chi connectivity index (χ2n) is 4.31. The van der Waals surface area contributed by atoms with Gasteiger partial charge in [0.15, 0.2) is 0 Å². The summed E-state index contributed by atoms with van der Waals surface area (Å²) >= 11 is 2.03. The Morgan fingerprint density at radius 3 is 2.69 bits per heavy atom. The van der Waals surface area contributed by atoms with E-state index in [0.29, 0.717) is 10.5 Å². The van der Waals surface area contributed by atoms with Crippen molar-refractivity contribution < 1.29 is 5.11 Å². The molecule has 2 rings (SSSR count). The molecule has 0 saturated carbocycles. The highest BCUT2D eigenvalue weighted by molar-refractivity contribution is 8.00. The fourth-order valence-electron chi connectivity index (χ4n) is 2.10. The van der Waals surface area contributed by atoms with Gasteiger partial charge in [-0.3, -0.25) is 0 Å². The van der Waals surface area contributed by atoms with Crippen molar-refractivity contribution in [2.75, 3.05) is 18.0 Å². The van der Waals surface area contributed by atoms with Crippen molar-refractivity contribution in [2.24, 2.45) is 0 Å². The maximum Gasteiger partial charge on any atom is 0.128 e. The molecule has 2 atom stereocenters. The number of hydrogen-bond acceptors (Lipinski definition) is 4. The summed E-state index contributed by atoms with van der Waals surface area (Å²) in [6, 6.07) is 5.84. The van der Waals surface area contributed by atoms with Crippen molar-refractivity contribution in [3.63, 3.8) is 0 Å². The molecule has 88 valence electrons. The van der Waals surface area contributed by atoms with E-state index in [0.717, 1.165) is 24.6 Å². The standard InChI is InChI=1S/C12H18N2OS/c1-9-6-14(7-10(2)16-9)12-5-3-4-11(8-15)13-12/h3-5,9-10,15H,6-8H2,1-2H3. The molecule has 0 amide bonds. The van der Waals surface area contributed by atoms with Gasteiger partial charge in [0, 0.05) is 23.6 Å². The van der Waals surface area contributed by atoms with Crippen LogP contribution in [0.3, 0.4) is 0 Å². The van der Waals surface area contributed by atoms with Crippen molar-refractivity contribution in [3.8, 4) is 0 Å². The second-order valence-corrected chi connectivity index (χ2v) is 6.19. The summed E-state index contributed by atoms with van der Waals surface area (Å²) in [4.78, 5) is 6.76. The minimum Gasteiger partial charge on any atom is -0.390 e. The van der Waals surface area contributed by atoms with E-state index >= 15 is 0 Å². The Morgan fingerprint density at radius 1 is 1.38 bits per heavy atom. The highest BCUT2D eigenvalue weighted by atomic mass is 32.2. The first-order chi connectivity index (χ1) is 7.69. The molecule has 4 heteroatoms. The molecule has 1 N–H and O–H groups in total. The van der Waals surface area contributed by atoms with Crippen LogP contribution in [-0.4, -0.2) is 33.7 Å². The first kappa shape index (κ1) is 11.7. The Balaban J connectivity index is 2.16. The number of hydrogen-bond donors (Lipinski definition) is 1. The smallest absolute Gasteiger partial charge is 0.128 e. The number of nitrogens with zero attached hydrogens (tertiary/aromatic N) is 2. The van der Waals surface area contributed by atoms with Crippen LogP contribution in [0.4, 0.5) is 5.82 Å². The summed E-state index contributed by atoms with van der Waals surface area (Å²) in [5.41, 5.74) is 0.746. The summed E-state index contributed by atoms with van der Waals surface area (Å²) in [6.45, 7) is 6.60. The molecular formula is C12H18N2OS. The normalized spacial score (nSPS) is 25.8. The summed E-state index contributed by atoms with van der Waals surface area (Å²) in [5, 5.41) is 10.4. The zero-order chi connectivity index (χ0) is 11.5. The summed E-state index contributed by atoms with van der Waals surface area (Å²) < 4.78 is 0. The Morgan fingerprint density at radius 2 is 2.06 bits per heavy atom. The molecule has 1 aliphatic heterocycles. The number of pyridine rings is 1. The fourth-order valence-corrected chi connectivity index (χ4v) is 3.42. The minimum absolute atomic E-state index is 0.0154. The maximum absolute atomic E-state index is 9.08. The lowest BCUT2D eigenvalue weighted by atomic mass is 10.3. The van der Waals surface area contributed by atoms with Crippen LogP contribution in [0.5, 0.6) is 0 Å². The van der Waals surface area contributed by atoms with Gasteiger partial charge >= 0.3 is 0 Å². The van der Waals surface area contributed by atoms with Crippen LogP contribution in [-0.2, 0) is 6.61 Å². The first-order valence-corrected chi connectivity index (χ1v) is 6.60. The summed E-state index contributed by atoms with van der Waals surface area (Å²) in [6.07, 6.45) is 0. The Kier molecular flexibility index (Phi) is 3.71. The van der Waals surface area contributed by atoms with E-state index in [4.69, 9.17) is 5.11 Å². The van der Waals surface area contributed by atoms with Crippen molar-refractivity contribution in [2.45, 2.75) is 31.0 Å². The van der Waals surface area contributed by atoms with Crippen LogP contribution < -0.4 is 4.90 Å². The Hall–Kier alpha value is -0.740. The number of aromatic nitrogens is 1. The van der Waals surface area contributed by atoms with Crippen LogP contribution in [0.25, 0.3) is 0 Å². The molecule has 1 aromatic rings. The molecule has 0 aromatic carbocycles. The molecule has 1 saturated heterocycles. The third kappa shape index (κ3) is 2.68. The second kappa shape index (κ2) is 5.06. The molecular weight excluding hydrogens is 220 g/mol. The van der Waals surface area contributed by atoms with Gasteiger partial charge in [-0.05, 0) is 12.1 Å². The van der Waals surface area contributed by atoms with Gasteiger partial charge < -0.3 is 10.0 Å². The lowest BCUT2D eigenvalue weighted by molar-refractivity contribution is 0.277. The lowest BCUT2D eigenvalue weighted by Crippen LogP contribution is -2.40. The van der Waals surface area contributed by atoms with Crippen LogP contribution in [0.1, 0.15) is 19.5 Å². The number of aliphatic hydroxyl groups is 1. The minimum atomic E-state index is 0.0154. The van der Waals surface area contributed by atoms with Gasteiger partial charge in [0.2, 0.25) is 0 Å². The van der Waals surface area contributed by atoms with Gasteiger partial charge in [-0.1, -0.05) is 19.9 Å². The van der Waals surface area contributed by atoms with Gasteiger partial charge in [-0.25, -0.2) is 4.98 Å². The fraction of sp³-hybridized carbons (Fsp3) is 0.583. The molecule has 16 heavy (non-hydrogen) atoms. The summed E-state index contributed by atoms with van der Waals surface area (Å²) in [7, 11) is 0. The monoisotopic (exact) mass is 238 g/mol. The molecule has 3 nitrogen and oxygen atoms in total. The average Bonchev–Trinajstić information content (AvgIpc) is 2.28. The molecule has 2 unspecified atom stereocenters. The van der Waals surface area contributed by atoms with Crippen LogP contribution in [0, 0.1) is 0 Å². The van der Waals surface area contributed by atoms with E-state index in [9.17, 15) is 0 Å². The molecule has 0 radical (unpaired) electrons. The predicted octanol–water partition coefficient (Wildman–Crippen LogP) is 1.90. The largest absolute Gasteiger partial charge is 0.390 e. The highest BCUT2D eigenvalue weighted by Gasteiger charge is 2.23. The van der Waals surface area contributed by atoms with Gasteiger partial charge in [0.25, 0.3) is 0 Å². The van der Waals surface area contributed by atoms with Crippen molar-refractivity contribution in [3.05, 3.63) is 23.9 Å². The van der Waals surface area contributed by atoms with E-state index < -0.39 is 0 Å². The molecule has 1 aromatic heterocycles. The lowest BCUT2D eigenvalue weighted by Gasteiger charge is -2.35. The van der Waals surface area contributed by atoms with Crippen LogP contribution in [0.15, 0.2) is 18.2 Å². The van der Waals surface area contributed by atoms with Gasteiger partial charge in [-0.2, -0.15) is 11.8 Å². The maximum atomic E-state index is 9.08. The van der Waals surface area contributed by atoms with Crippen molar-refractivity contribution in [1.82, 2.24) is 4.98 Å². The van der Waals surface area contributed by atoms with Crippen molar-refractivity contribution in [1.29, 1.82) is 0 Å². The van der Waals surface area contributed by atoms with Gasteiger partial charge in [0.1, 0.15) is 5.82 Å². The molecule has 0 aliphatic carbocycles. The number of thioether (sulfide) groups is 1. The predicted molar refractivity (Wildman–Crippen MR) is 68.9 cm³/mol. The van der Waals surface area contributed by atoms with Crippen LogP contribution in [0.2, 0.25) is 0 Å². The Bertz CT molecular complexity index is 349. The first-order valence-electron chi connectivity index (χ1n) is 5.66. The summed E-state index contributed by atoms with van der Waals surface area (Å²) in [5.74, 6) is 0.991. The molecule has 1 aliphatic rings. The quantitative estimate of drug-likeness (QED) is 0.854. The third-order valence-corrected chi connectivity index (χ3v) is 3.93. The van der Waals surface area contributed by atoms with Gasteiger partial charge in [-0.15, -0.1) is 0 Å². The molecule has 0 spiro atoms. The zero-order valence-corrected chi connectivity index (χ0v) is 10.6. The van der Waals surface area contributed by atoms with Gasteiger partial charge in [0.05, 0.1) is 12.3 Å². The third-order valence-electron chi connectivity index (χ3n) is 2.70.